The summed E-state index contributed by atoms with van der Waals surface area (Å²) in [5, 5.41) is 0. The minimum atomic E-state index is -4.96. The van der Waals surface area contributed by atoms with Crippen LogP contribution in [0.15, 0.2) is 60.7 Å². The molecule has 28 heavy (non-hydrogen) atoms. The third kappa shape index (κ3) is 2.64. The summed E-state index contributed by atoms with van der Waals surface area (Å²) in [7, 11) is -4.96. The molecule has 150 valence electrons. The van der Waals surface area contributed by atoms with Crippen LogP contribution in [0.5, 0.6) is 0 Å². The Kier molecular flexibility index (Phi) is 4.60. The molecule has 0 radical (unpaired) electrons. The number of carbonyl (C=O) groups is 1. The first-order valence-corrected chi connectivity index (χ1v) is 11.4. The van der Waals surface area contributed by atoms with E-state index in [0.717, 1.165) is 0 Å². The van der Waals surface area contributed by atoms with Gasteiger partial charge in [-0.15, -0.1) is 0 Å². The molecule has 2 aromatic carbocycles. The Bertz CT molecular complexity index is 821. The standard InChI is InChI=1S/C21H24O6P/c1-4-24-20(22)19-21(17-11-7-5-8-12-17,18-13-9-6-10-14-18)27-28(19,23)25-15(2)16(3)26-28/h5-16,19H,4H2,1-3H3/q-1. The quantitative estimate of drug-likeness (QED) is 0.576. The zero-order chi connectivity index (χ0) is 20.0. The molecule has 0 N–H and O–H groups in total. The molecule has 2 saturated heterocycles. The van der Waals surface area contributed by atoms with Gasteiger partial charge in [0.1, 0.15) is 0 Å². The van der Waals surface area contributed by atoms with Gasteiger partial charge in [0, 0.05) is 0 Å². The molecule has 6 nitrogen and oxygen atoms in total. The fourth-order valence-corrected chi connectivity index (χ4v) is 8.16. The summed E-state index contributed by atoms with van der Waals surface area (Å²) in [5.74, 6) is -0.657. The van der Waals surface area contributed by atoms with Gasteiger partial charge in [-0.1, -0.05) is 0 Å². The molecule has 2 heterocycles. The van der Waals surface area contributed by atoms with Crippen LogP contribution in [-0.4, -0.2) is 30.4 Å². The van der Waals surface area contributed by atoms with Crippen LogP contribution in [0.2, 0.25) is 0 Å². The van der Waals surface area contributed by atoms with Crippen molar-refractivity contribution in [3.05, 3.63) is 71.8 Å². The van der Waals surface area contributed by atoms with Crippen LogP contribution in [-0.2, 0) is 28.7 Å². The summed E-state index contributed by atoms with van der Waals surface area (Å²) in [4.78, 5) is 27.3. The van der Waals surface area contributed by atoms with Crippen molar-refractivity contribution in [1.29, 1.82) is 0 Å². The molecular weight excluding hydrogens is 379 g/mol. The van der Waals surface area contributed by atoms with Crippen molar-refractivity contribution in [1.82, 2.24) is 0 Å². The molecule has 1 spiro atoms. The van der Waals surface area contributed by atoms with Crippen molar-refractivity contribution in [2.45, 2.75) is 44.2 Å². The van der Waals surface area contributed by atoms with Gasteiger partial charge >= 0.3 is 164 Å². The Morgan fingerprint density at radius 1 is 1.00 bits per heavy atom. The average Bonchev–Trinajstić information content (AvgIpc) is 2.92. The number of carbonyl (C=O) groups excluding carboxylic acids is 1. The van der Waals surface area contributed by atoms with Crippen LogP contribution in [0.3, 0.4) is 0 Å². The summed E-state index contributed by atoms with van der Waals surface area (Å²) >= 11 is 0. The summed E-state index contributed by atoms with van der Waals surface area (Å²) in [5.41, 5.74) is -1.21. The molecule has 4 rings (SSSR count). The Labute approximate surface area is 164 Å². The number of benzene rings is 2. The Morgan fingerprint density at radius 2 is 1.46 bits per heavy atom. The first kappa shape index (κ1) is 19.5. The van der Waals surface area contributed by atoms with Crippen molar-refractivity contribution in [3.8, 4) is 0 Å². The molecular formula is C21H24O6P-. The molecule has 2 aromatic rings. The summed E-state index contributed by atoms with van der Waals surface area (Å²) in [6.45, 7) is 5.35. The van der Waals surface area contributed by atoms with Crippen molar-refractivity contribution >= 4 is 13.5 Å². The van der Waals surface area contributed by atoms with Gasteiger partial charge in [0.25, 0.3) is 0 Å². The van der Waals surface area contributed by atoms with Gasteiger partial charge < -0.3 is 0 Å². The molecule has 7 heteroatoms. The average molecular weight is 403 g/mol. The molecule has 0 bridgehead atoms. The molecule has 3 atom stereocenters. The van der Waals surface area contributed by atoms with Crippen molar-refractivity contribution in [2.24, 2.45) is 0 Å². The van der Waals surface area contributed by atoms with Gasteiger partial charge in [0.05, 0.1) is 0 Å². The predicted octanol–water partition coefficient (Wildman–Crippen LogP) is 3.29. The van der Waals surface area contributed by atoms with E-state index in [1.54, 1.807) is 20.8 Å². The van der Waals surface area contributed by atoms with Crippen molar-refractivity contribution in [3.63, 3.8) is 0 Å². The van der Waals surface area contributed by atoms with Crippen LogP contribution in [0.25, 0.3) is 0 Å². The Balaban J connectivity index is 1.93. The molecule has 2 aliphatic rings. The minimum absolute atomic E-state index is 0.145. The second-order valence-electron chi connectivity index (χ2n) is 7.20. The van der Waals surface area contributed by atoms with Crippen molar-refractivity contribution < 1.29 is 28.0 Å². The molecule has 2 fully saturated rings. The predicted molar refractivity (Wildman–Crippen MR) is 103 cm³/mol. The van der Waals surface area contributed by atoms with Crippen molar-refractivity contribution in [2.75, 3.05) is 6.61 Å². The molecule has 0 amide bonds. The maximum atomic E-state index is 14.1. The van der Waals surface area contributed by atoms with Crippen LogP contribution in [0, 0.1) is 0 Å². The molecule has 0 aliphatic carbocycles. The topological polar surface area (TPSA) is 77.1 Å². The van der Waals surface area contributed by atoms with E-state index in [2.05, 4.69) is 0 Å². The first-order chi connectivity index (χ1) is 13.3. The second-order valence-corrected chi connectivity index (χ2v) is 10.1. The van der Waals surface area contributed by atoms with E-state index in [1.165, 1.54) is 0 Å². The summed E-state index contributed by atoms with van der Waals surface area (Å²) in [6, 6.07) is 18.5. The van der Waals surface area contributed by atoms with E-state index < -0.39 is 36.9 Å². The number of hydrogen-bond acceptors (Lipinski definition) is 6. The van der Waals surface area contributed by atoms with E-state index in [-0.39, 0.29) is 6.61 Å². The van der Waals surface area contributed by atoms with Crippen LogP contribution >= 0.6 is 7.51 Å². The SMILES string of the molecule is CCOC(=O)C1C(c2ccccc2)(c2ccccc2)OP12([O-])OC(C)C(C)O2. The van der Waals surface area contributed by atoms with E-state index in [4.69, 9.17) is 18.3 Å². The van der Waals surface area contributed by atoms with E-state index in [9.17, 15) is 9.69 Å². The van der Waals surface area contributed by atoms with Gasteiger partial charge in [0.2, 0.25) is 0 Å². The Morgan fingerprint density at radius 3 is 1.89 bits per heavy atom. The number of ether oxygens (including phenoxy) is 1. The van der Waals surface area contributed by atoms with Gasteiger partial charge in [-0.3, -0.25) is 0 Å². The second kappa shape index (κ2) is 6.61. The first-order valence-electron chi connectivity index (χ1n) is 9.45. The monoisotopic (exact) mass is 403 g/mol. The van der Waals surface area contributed by atoms with Gasteiger partial charge in [-0.05, 0) is 0 Å². The number of esters is 1. The third-order valence-corrected chi connectivity index (χ3v) is 8.86. The van der Waals surface area contributed by atoms with Crippen LogP contribution in [0.1, 0.15) is 31.9 Å². The molecule has 3 unspecified atom stereocenters. The zero-order valence-corrected chi connectivity index (χ0v) is 17.0. The molecule has 2 aliphatic heterocycles. The van der Waals surface area contributed by atoms with E-state index >= 15 is 0 Å². The zero-order valence-electron chi connectivity index (χ0n) is 16.1. The number of hydrogen-bond donors (Lipinski definition) is 0. The van der Waals surface area contributed by atoms with E-state index in [1.807, 2.05) is 60.7 Å². The normalized spacial score (nSPS) is 30.7. The molecule has 0 saturated carbocycles. The third-order valence-electron chi connectivity index (χ3n) is 5.40. The fourth-order valence-electron chi connectivity index (χ4n) is 4.09. The van der Waals surface area contributed by atoms with Crippen LogP contribution < -0.4 is 4.89 Å². The maximum absolute atomic E-state index is 14.1. The van der Waals surface area contributed by atoms with Crippen LogP contribution in [0.4, 0.5) is 0 Å². The van der Waals surface area contributed by atoms with Gasteiger partial charge in [-0.25, -0.2) is 0 Å². The number of rotatable bonds is 4. The van der Waals surface area contributed by atoms with Gasteiger partial charge in [0.15, 0.2) is 0 Å². The summed E-state index contributed by atoms with van der Waals surface area (Å²) < 4.78 is 23.1. The Hall–Kier alpha value is -1.82. The summed E-state index contributed by atoms with van der Waals surface area (Å²) in [6.07, 6.45) is -0.951. The molecule has 0 aromatic heterocycles. The fraction of sp³-hybridized carbons (Fsp3) is 0.381. The van der Waals surface area contributed by atoms with Gasteiger partial charge in [-0.2, -0.15) is 0 Å². The van der Waals surface area contributed by atoms with E-state index in [0.29, 0.717) is 11.1 Å².